The van der Waals surface area contributed by atoms with Gasteiger partial charge in [0.1, 0.15) is 24.4 Å². The lowest BCUT2D eigenvalue weighted by Crippen LogP contribution is -2.47. The highest BCUT2D eigenvalue weighted by Crippen LogP contribution is 2.37. The van der Waals surface area contributed by atoms with Gasteiger partial charge in [-0.25, -0.2) is 0 Å². The molecule has 2 heterocycles. The van der Waals surface area contributed by atoms with Gasteiger partial charge in [0.2, 0.25) is 0 Å². The third kappa shape index (κ3) is 4.64. The second-order valence-electron chi connectivity index (χ2n) is 8.00. The minimum Gasteiger partial charge on any atom is -0.348 e. The second-order valence-corrected chi connectivity index (χ2v) is 9.57. The Morgan fingerprint density at radius 3 is 2.29 bits per heavy atom. The van der Waals surface area contributed by atoms with Gasteiger partial charge in [-0.2, -0.15) is 8.42 Å². The van der Waals surface area contributed by atoms with Gasteiger partial charge >= 0.3 is 0 Å². The van der Waals surface area contributed by atoms with E-state index >= 15 is 0 Å². The van der Waals surface area contributed by atoms with Crippen molar-refractivity contribution in [3.8, 4) is 0 Å². The van der Waals surface area contributed by atoms with E-state index in [9.17, 15) is 8.42 Å². The summed E-state index contributed by atoms with van der Waals surface area (Å²) in [6.45, 7) is 12.9. The number of aryl methyl sites for hydroxylation is 1. The average Bonchev–Trinajstić information content (AvgIpc) is 3.11. The molecule has 0 spiro atoms. The lowest BCUT2D eigenvalue weighted by Gasteiger charge is -2.29. The van der Waals surface area contributed by atoms with Crippen LogP contribution in [-0.4, -0.2) is 51.0 Å². The third-order valence-electron chi connectivity index (χ3n) is 4.66. The maximum atomic E-state index is 12.9. The van der Waals surface area contributed by atoms with Crippen LogP contribution in [0.25, 0.3) is 0 Å². The number of benzene rings is 1. The summed E-state index contributed by atoms with van der Waals surface area (Å²) in [4.78, 5) is 0.0644. The Kier molecular flexibility index (Phi) is 5.75. The zero-order valence-electron chi connectivity index (χ0n) is 16.9. The van der Waals surface area contributed by atoms with Crippen LogP contribution in [0.1, 0.15) is 33.3 Å². The molecule has 2 saturated heterocycles. The standard InChI is InChI=1S/C20H28O7S/c1-7-15-17(26-20(5,6)24-15)18(16-12-23-19(3,4)25-16)27-28(21,22)14-10-8-13(2)9-11-14/h7-11,15-18H,1,12H2,2-6H3/t15-,16-,17-,18-/m1/s1. The molecule has 4 atom stereocenters. The molecule has 0 bridgehead atoms. The molecule has 7 nitrogen and oxygen atoms in total. The Bertz CT molecular complexity index is 813. The Balaban J connectivity index is 1.92. The van der Waals surface area contributed by atoms with Gasteiger partial charge < -0.3 is 18.9 Å². The Hall–Kier alpha value is -1.29. The first kappa shape index (κ1) is 21.4. The van der Waals surface area contributed by atoms with E-state index in [0.29, 0.717) is 0 Å². The number of ether oxygens (including phenoxy) is 4. The van der Waals surface area contributed by atoms with Gasteiger partial charge in [-0.15, -0.1) is 6.58 Å². The van der Waals surface area contributed by atoms with Crippen LogP contribution in [-0.2, 0) is 33.2 Å². The van der Waals surface area contributed by atoms with Crippen molar-refractivity contribution >= 4 is 10.1 Å². The van der Waals surface area contributed by atoms with Crippen molar-refractivity contribution < 1.29 is 31.5 Å². The van der Waals surface area contributed by atoms with E-state index in [1.807, 2.05) is 6.92 Å². The summed E-state index contributed by atoms with van der Waals surface area (Å²) in [5.74, 6) is -1.76. The largest absolute Gasteiger partial charge is 0.348 e. The summed E-state index contributed by atoms with van der Waals surface area (Å²) in [6.07, 6.45) is -1.33. The Morgan fingerprint density at radius 1 is 1.11 bits per heavy atom. The molecular formula is C20H28O7S. The highest BCUT2D eigenvalue weighted by atomic mass is 32.2. The molecular weight excluding hydrogens is 384 g/mol. The van der Waals surface area contributed by atoms with Gasteiger partial charge in [-0.05, 0) is 46.8 Å². The van der Waals surface area contributed by atoms with E-state index in [1.165, 1.54) is 12.1 Å². The first-order chi connectivity index (χ1) is 12.9. The highest BCUT2D eigenvalue weighted by Gasteiger charge is 2.51. The summed E-state index contributed by atoms with van der Waals surface area (Å²) >= 11 is 0. The van der Waals surface area contributed by atoms with E-state index in [2.05, 4.69) is 6.58 Å². The third-order valence-corrected chi connectivity index (χ3v) is 5.99. The lowest BCUT2D eigenvalue weighted by molar-refractivity contribution is -0.174. The molecule has 0 radical (unpaired) electrons. The first-order valence-corrected chi connectivity index (χ1v) is 10.6. The van der Waals surface area contributed by atoms with E-state index in [-0.39, 0.29) is 11.5 Å². The smallest absolute Gasteiger partial charge is 0.297 e. The molecule has 0 aliphatic carbocycles. The van der Waals surface area contributed by atoms with Crippen LogP contribution in [0.4, 0.5) is 0 Å². The zero-order valence-corrected chi connectivity index (χ0v) is 17.7. The molecule has 0 aromatic heterocycles. The quantitative estimate of drug-likeness (QED) is 0.525. The number of rotatable bonds is 6. The van der Waals surface area contributed by atoms with E-state index in [1.54, 1.807) is 45.9 Å². The molecule has 2 fully saturated rings. The summed E-state index contributed by atoms with van der Waals surface area (Å²) in [5.41, 5.74) is 0.950. The van der Waals surface area contributed by atoms with Crippen molar-refractivity contribution in [2.45, 2.75) is 75.5 Å². The highest BCUT2D eigenvalue weighted by molar-refractivity contribution is 7.86. The average molecular weight is 413 g/mol. The van der Waals surface area contributed by atoms with Crippen LogP contribution in [0.2, 0.25) is 0 Å². The van der Waals surface area contributed by atoms with Crippen LogP contribution < -0.4 is 0 Å². The molecule has 28 heavy (non-hydrogen) atoms. The molecule has 2 aliphatic rings. The van der Waals surface area contributed by atoms with Crippen LogP contribution in [0.5, 0.6) is 0 Å². The van der Waals surface area contributed by atoms with Crippen molar-refractivity contribution in [1.29, 1.82) is 0 Å². The predicted octanol–water partition coefficient (Wildman–Crippen LogP) is 2.93. The molecule has 1 aromatic rings. The van der Waals surface area contributed by atoms with Gasteiger partial charge in [0.25, 0.3) is 10.1 Å². The Labute approximate surface area is 166 Å². The molecule has 8 heteroatoms. The Morgan fingerprint density at radius 2 is 1.75 bits per heavy atom. The minimum absolute atomic E-state index is 0.0644. The SMILES string of the molecule is C=C[C@H]1OC(C)(C)O[C@H]1[C@H](OS(=O)(=O)c1ccc(C)cc1)[C@H]1COC(C)(C)O1. The predicted molar refractivity (Wildman–Crippen MR) is 102 cm³/mol. The maximum absolute atomic E-state index is 12.9. The molecule has 3 rings (SSSR count). The van der Waals surface area contributed by atoms with E-state index in [4.69, 9.17) is 23.1 Å². The van der Waals surface area contributed by atoms with Gasteiger partial charge in [-0.1, -0.05) is 23.8 Å². The molecule has 156 valence electrons. The maximum Gasteiger partial charge on any atom is 0.297 e. The van der Waals surface area contributed by atoms with E-state index in [0.717, 1.165) is 5.56 Å². The van der Waals surface area contributed by atoms with Gasteiger partial charge in [0.05, 0.1) is 11.5 Å². The van der Waals surface area contributed by atoms with Crippen LogP contribution in [0.3, 0.4) is 0 Å². The lowest BCUT2D eigenvalue weighted by atomic mass is 10.0. The molecule has 0 unspecified atom stereocenters. The fraction of sp³-hybridized carbons (Fsp3) is 0.600. The molecule has 1 aromatic carbocycles. The summed E-state index contributed by atoms with van der Waals surface area (Å²) in [6, 6.07) is 6.46. The molecule has 2 aliphatic heterocycles. The first-order valence-electron chi connectivity index (χ1n) is 9.22. The van der Waals surface area contributed by atoms with Crippen molar-refractivity contribution in [2.24, 2.45) is 0 Å². The van der Waals surface area contributed by atoms with Crippen molar-refractivity contribution in [2.75, 3.05) is 6.61 Å². The van der Waals surface area contributed by atoms with Crippen LogP contribution in [0, 0.1) is 6.92 Å². The molecule has 0 amide bonds. The van der Waals surface area contributed by atoms with Crippen molar-refractivity contribution in [3.63, 3.8) is 0 Å². The summed E-state index contributed by atoms with van der Waals surface area (Å²) in [5, 5.41) is 0. The minimum atomic E-state index is -4.06. The summed E-state index contributed by atoms with van der Waals surface area (Å²) in [7, 11) is -4.06. The monoisotopic (exact) mass is 412 g/mol. The van der Waals surface area contributed by atoms with Gasteiger partial charge in [-0.3, -0.25) is 4.18 Å². The summed E-state index contributed by atoms with van der Waals surface area (Å²) < 4.78 is 54.9. The van der Waals surface area contributed by atoms with Crippen LogP contribution >= 0.6 is 0 Å². The molecule has 0 saturated carbocycles. The van der Waals surface area contributed by atoms with Gasteiger partial charge in [0, 0.05) is 0 Å². The number of hydrogen-bond donors (Lipinski definition) is 0. The van der Waals surface area contributed by atoms with Crippen LogP contribution in [0.15, 0.2) is 41.8 Å². The topological polar surface area (TPSA) is 80.3 Å². The normalized spacial score (nSPS) is 30.2. The zero-order chi connectivity index (χ0) is 20.7. The van der Waals surface area contributed by atoms with Crippen molar-refractivity contribution in [3.05, 3.63) is 42.5 Å². The van der Waals surface area contributed by atoms with Crippen molar-refractivity contribution in [1.82, 2.24) is 0 Å². The van der Waals surface area contributed by atoms with E-state index < -0.39 is 46.1 Å². The molecule has 0 N–H and O–H groups in total. The number of hydrogen-bond acceptors (Lipinski definition) is 7. The fourth-order valence-electron chi connectivity index (χ4n) is 3.37. The van der Waals surface area contributed by atoms with Gasteiger partial charge in [0.15, 0.2) is 11.6 Å². The second kappa shape index (κ2) is 7.51. The fourth-order valence-corrected chi connectivity index (χ4v) is 4.47.